The minimum atomic E-state index is -1.36. The van der Waals surface area contributed by atoms with E-state index < -0.39 is 51.3 Å². The normalized spacial score (nSPS) is 12.9. The summed E-state index contributed by atoms with van der Waals surface area (Å²) in [7, 11) is 0. The fraction of sp³-hybridized carbons (Fsp3) is 0.0870. The molecule has 0 saturated carbocycles. The van der Waals surface area contributed by atoms with E-state index in [1.807, 2.05) is 0 Å². The Hall–Kier alpha value is -4.44. The number of ketones is 2. The van der Waals surface area contributed by atoms with Gasteiger partial charge in [0.15, 0.2) is 11.9 Å². The van der Waals surface area contributed by atoms with Crippen molar-refractivity contribution in [2.24, 2.45) is 0 Å². The fourth-order valence-corrected chi connectivity index (χ4v) is 3.59. The number of nitrogens with one attached hydrogen (secondary N) is 1. The van der Waals surface area contributed by atoms with Gasteiger partial charge in [-0.25, -0.2) is 9.78 Å². The lowest BCUT2D eigenvalue weighted by molar-refractivity contribution is -0.385. The number of carbonyl (C=O) groups excluding carboxylic acids is 4. The molecule has 1 aliphatic carbocycles. The minimum Gasteiger partial charge on any atom is -0.449 e. The number of benzene rings is 2. The summed E-state index contributed by atoms with van der Waals surface area (Å²) in [4.78, 5) is 65.8. The van der Waals surface area contributed by atoms with E-state index >= 15 is 0 Å². The predicted octanol–water partition coefficient (Wildman–Crippen LogP) is 3.60. The first-order valence-corrected chi connectivity index (χ1v) is 10.2. The molecule has 1 heterocycles. The van der Waals surface area contributed by atoms with Crippen molar-refractivity contribution in [3.05, 3.63) is 97.7 Å². The number of anilines is 1. The lowest BCUT2D eigenvalue weighted by Crippen LogP contribution is -2.31. The number of nitrogens with zero attached hydrogens (tertiary/aromatic N) is 2. The van der Waals surface area contributed by atoms with Crippen LogP contribution in [0.1, 0.15) is 49.1 Å². The molecule has 1 amide bonds. The third kappa shape index (κ3) is 4.02. The van der Waals surface area contributed by atoms with Crippen molar-refractivity contribution in [2.75, 3.05) is 5.32 Å². The van der Waals surface area contributed by atoms with Crippen LogP contribution in [0, 0.1) is 10.1 Å². The Morgan fingerprint density at radius 3 is 2.32 bits per heavy atom. The number of hydrogen-bond donors (Lipinski definition) is 1. The zero-order valence-electron chi connectivity index (χ0n) is 17.4. The minimum absolute atomic E-state index is 0.00294. The van der Waals surface area contributed by atoms with Crippen molar-refractivity contribution in [3.63, 3.8) is 0 Å². The van der Waals surface area contributed by atoms with Crippen LogP contribution < -0.4 is 5.32 Å². The largest absolute Gasteiger partial charge is 0.449 e. The third-order valence-electron chi connectivity index (χ3n) is 5.10. The first-order chi connectivity index (χ1) is 16.2. The summed E-state index contributed by atoms with van der Waals surface area (Å²) in [5, 5.41) is 14.7. The van der Waals surface area contributed by atoms with Gasteiger partial charge in [-0.2, -0.15) is 0 Å². The Morgan fingerprint density at radius 1 is 1.03 bits per heavy atom. The number of esters is 1. The third-order valence-corrected chi connectivity index (χ3v) is 5.32. The second-order valence-corrected chi connectivity index (χ2v) is 7.68. The predicted molar refractivity (Wildman–Crippen MR) is 119 cm³/mol. The maximum Gasteiger partial charge on any atom is 0.345 e. The molecule has 1 atom stereocenters. The van der Waals surface area contributed by atoms with Crippen LogP contribution in [0.3, 0.4) is 0 Å². The standard InChI is InChI=1S/C23H14ClN3O7/c1-11(22(30)26-17-9-6-12(24)10-25-17)34-23(31)16-8-7-15-18(19(16)27(32)33)21(29)14-5-3-2-4-13(14)20(15)28/h2-11H,1H3,(H,25,26,30)/t11-/m0/s1. The molecule has 1 N–H and O–H groups in total. The van der Waals surface area contributed by atoms with Crippen molar-refractivity contribution < 1.29 is 28.8 Å². The molecule has 0 saturated heterocycles. The first-order valence-electron chi connectivity index (χ1n) is 9.82. The van der Waals surface area contributed by atoms with Crippen molar-refractivity contribution in [1.29, 1.82) is 0 Å². The summed E-state index contributed by atoms with van der Waals surface area (Å²) >= 11 is 5.74. The van der Waals surface area contributed by atoms with Gasteiger partial charge in [-0.3, -0.25) is 24.5 Å². The summed E-state index contributed by atoms with van der Waals surface area (Å²) < 4.78 is 5.10. The number of amides is 1. The van der Waals surface area contributed by atoms with Gasteiger partial charge >= 0.3 is 5.97 Å². The topological polar surface area (TPSA) is 146 Å². The van der Waals surface area contributed by atoms with Crippen molar-refractivity contribution in [2.45, 2.75) is 13.0 Å². The highest BCUT2D eigenvalue weighted by molar-refractivity contribution is 6.31. The number of aromatic nitrogens is 1. The Balaban J connectivity index is 1.64. The molecule has 0 fully saturated rings. The van der Waals surface area contributed by atoms with Crippen LogP contribution in [-0.2, 0) is 9.53 Å². The highest BCUT2D eigenvalue weighted by Gasteiger charge is 2.39. The van der Waals surface area contributed by atoms with E-state index in [1.165, 1.54) is 43.5 Å². The second-order valence-electron chi connectivity index (χ2n) is 7.24. The Labute approximate surface area is 196 Å². The van der Waals surface area contributed by atoms with Crippen LogP contribution in [0.2, 0.25) is 5.02 Å². The van der Waals surface area contributed by atoms with Gasteiger partial charge in [0.05, 0.1) is 9.95 Å². The number of hydrogen-bond acceptors (Lipinski definition) is 8. The quantitative estimate of drug-likeness (QED) is 0.259. The molecule has 170 valence electrons. The van der Waals surface area contributed by atoms with Crippen molar-refractivity contribution >= 4 is 46.5 Å². The molecule has 1 aromatic heterocycles. The lowest BCUT2D eigenvalue weighted by Gasteiger charge is -2.19. The molecule has 1 aliphatic rings. The number of nitro benzene ring substituents is 1. The van der Waals surface area contributed by atoms with Crippen LogP contribution in [0.25, 0.3) is 0 Å². The number of ether oxygens (including phenoxy) is 1. The van der Waals surface area contributed by atoms with Gasteiger partial charge in [-0.15, -0.1) is 0 Å². The van der Waals surface area contributed by atoms with Gasteiger partial charge in [0.25, 0.3) is 11.6 Å². The second kappa shape index (κ2) is 8.83. The number of rotatable bonds is 5. The van der Waals surface area contributed by atoms with Crippen LogP contribution in [0.5, 0.6) is 0 Å². The Kier molecular flexibility index (Phi) is 5.91. The maximum absolute atomic E-state index is 13.0. The van der Waals surface area contributed by atoms with E-state index in [2.05, 4.69) is 10.3 Å². The Bertz CT molecular complexity index is 1390. The summed E-state index contributed by atoms with van der Waals surface area (Å²) in [6.45, 7) is 1.26. The zero-order chi connectivity index (χ0) is 24.6. The molecule has 11 heteroatoms. The number of nitro groups is 1. The van der Waals surface area contributed by atoms with Crippen LogP contribution in [0.4, 0.5) is 11.5 Å². The summed E-state index contributed by atoms with van der Waals surface area (Å²) in [5.41, 5.74) is -1.99. The summed E-state index contributed by atoms with van der Waals surface area (Å²) in [6, 6.07) is 11.0. The molecule has 34 heavy (non-hydrogen) atoms. The molecule has 0 unspecified atom stereocenters. The summed E-state index contributed by atoms with van der Waals surface area (Å²) in [5.74, 6) is -3.13. The van der Waals surface area contributed by atoms with Gasteiger partial charge in [-0.1, -0.05) is 35.9 Å². The monoisotopic (exact) mass is 479 g/mol. The SMILES string of the molecule is C[C@H](OC(=O)c1ccc2c(c1[N+](=O)[O-])C(=O)c1ccccc1C2=O)C(=O)Nc1ccc(Cl)cn1. The Morgan fingerprint density at radius 2 is 1.71 bits per heavy atom. The van der Waals surface area contributed by atoms with Crippen LogP contribution in [-0.4, -0.2) is 39.5 Å². The highest BCUT2D eigenvalue weighted by atomic mass is 35.5. The van der Waals surface area contributed by atoms with Gasteiger partial charge in [0, 0.05) is 22.9 Å². The van der Waals surface area contributed by atoms with Gasteiger partial charge in [0.1, 0.15) is 16.9 Å². The smallest absolute Gasteiger partial charge is 0.345 e. The first kappa shape index (κ1) is 22.7. The molecule has 0 spiro atoms. The summed E-state index contributed by atoms with van der Waals surface area (Å²) in [6.07, 6.45) is -0.0560. The van der Waals surface area contributed by atoms with Crippen LogP contribution >= 0.6 is 11.6 Å². The van der Waals surface area contributed by atoms with E-state index in [-0.39, 0.29) is 22.5 Å². The van der Waals surface area contributed by atoms with Gasteiger partial charge in [-0.05, 0) is 31.2 Å². The van der Waals surface area contributed by atoms with E-state index in [4.69, 9.17) is 16.3 Å². The molecule has 4 rings (SSSR count). The van der Waals surface area contributed by atoms with Crippen LogP contribution in [0.15, 0.2) is 54.7 Å². The molecular weight excluding hydrogens is 466 g/mol. The number of fused-ring (bicyclic) bond motifs is 2. The molecule has 2 aromatic carbocycles. The number of pyridine rings is 1. The molecule has 3 aromatic rings. The van der Waals surface area contributed by atoms with E-state index in [0.717, 1.165) is 12.1 Å². The molecular formula is C23H14ClN3O7. The van der Waals surface area contributed by atoms with Crippen molar-refractivity contribution in [3.8, 4) is 0 Å². The van der Waals surface area contributed by atoms with E-state index in [9.17, 15) is 29.3 Å². The highest BCUT2D eigenvalue weighted by Crippen LogP contribution is 2.35. The average molecular weight is 480 g/mol. The molecule has 0 bridgehead atoms. The fourth-order valence-electron chi connectivity index (χ4n) is 3.48. The number of carbonyl (C=O) groups is 4. The lowest BCUT2D eigenvalue weighted by atomic mass is 9.82. The average Bonchev–Trinajstić information content (AvgIpc) is 2.82. The zero-order valence-corrected chi connectivity index (χ0v) is 18.2. The maximum atomic E-state index is 13.0. The van der Waals surface area contributed by atoms with E-state index in [0.29, 0.717) is 5.02 Å². The molecule has 0 aliphatic heterocycles. The number of halogens is 1. The van der Waals surface area contributed by atoms with Crippen molar-refractivity contribution in [1.82, 2.24) is 4.98 Å². The molecule has 0 radical (unpaired) electrons. The molecule has 10 nitrogen and oxygen atoms in total. The van der Waals surface area contributed by atoms with Gasteiger partial charge < -0.3 is 10.1 Å². The van der Waals surface area contributed by atoms with E-state index in [1.54, 1.807) is 6.07 Å². The van der Waals surface area contributed by atoms with Gasteiger partial charge in [0.2, 0.25) is 5.78 Å².